The Hall–Kier alpha value is -0.720. The predicted octanol–water partition coefficient (Wildman–Crippen LogP) is 2.15. The Bertz CT molecular complexity index is 511. The summed E-state index contributed by atoms with van der Waals surface area (Å²) in [5, 5.41) is 3.25. The van der Waals surface area contributed by atoms with Crippen LogP contribution in [0.25, 0.3) is 0 Å². The first-order valence-corrected chi connectivity index (χ1v) is 9.32. The summed E-state index contributed by atoms with van der Waals surface area (Å²) < 4.78 is 27.1. The van der Waals surface area contributed by atoms with Gasteiger partial charge in [-0.1, -0.05) is 12.1 Å². The van der Waals surface area contributed by atoms with Crippen molar-refractivity contribution in [3.8, 4) is 0 Å². The summed E-state index contributed by atoms with van der Waals surface area (Å²) in [6.07, 6.45) is 3.98. The van der Waals surface area contributed by atoms with Crippen molar-refractivity contribution >= 4 is 27.5 Å². The molecule has 1 atom stereocenters. The number of piperidine rings is 1. The van der Waals surface area contributed by atoms with E-state index in [4.69, 9.17) is 0 Å². The molecule has 6 heteroatoms. The largest absolute Gasteiger partial charge is 0.316 e. The molecule has 0 bridgehead atoms. The SMILES string of the molecule is CSc1ccccc1NS(=O)(=O)CC1CCCNC1. The van der Waals surface area contributed by atoms with Crippen LogP contribution in [0.2, 0.25) is 0 Å². The standard InChI is InChI=1S/C13H20N2O2S2/c1-18-13-7-3-2-6-12(13)15-19(16,17)10-11-5-4-8-14-9-11/h2-3,6-7,11,14-15H,4-5,8-10H2,1H3. The second-order valence-corrected chi connectivity index (χ2v) is 7.41. The monoisotopic (exact) mass is 300 g/mol. The molecule has 4 nitrogen and oxygen atoms in total. The molecular weight excluding hydrogens is 280 g/mol. The third-order valence-electron chi connectivity index (χ3n) is 3.23. The predicted molar refractivity (Wildman–Crippen MR) is 81.2 cm³/mol. The molecule has 1 aliphatic rings. The highest BCUT2D eigenvalue weighted by atomic mass is 32.2. The maximum absolute atomic E-state index is 12.2. The molecule has 2 rings (SSSR count). The number of sulfonamides is 1. The Morgan fingerprint density at radius 3 is 2.89 bits per heavy atom. The molecule has 19 heavy (non-hydrogen) atoms. The molecular formula is C13H20N2O2S2. The Labute approximate surface area is 119 Å². The number of benzene rings is 1. The molecule has 106 valence electrons. The molecule has 1 fully saturated rings. The molecule has 1 aromatic rings. The molecule has 1 heterocycles. The van der Waals surface area contributed by atoms with Crippen LogP contribution in [0.15, 0.2) is 29.2 Å². The van der Waals surface area contributed by atoms with Crippen LogP contribution < -0.4 is 10.0 Å². The van der Waals surface area contributed by atoms with E-state index in [0.717, 1.165) is 30.8 Å². The molecule has 0 radical (unpaired) electrons. The van der Waals surface area contributed by atoms with E-state index in [9.17, 15) is 8.42 Å². The number of anilines is 1. The normalized spacial score (nSPS) is 20.2. The number of hydrogen-bond donors (Lipinski definition) is 2. The van der Waals surface area contributed by atoms with Crippen molar-refractivity contribution in [2.75, 3.05) is 29.8 Å². The zero-order chi connectivity index (χ0) is 13.7. The zero-order valence-corrected chi connectivity index (χ0v) is 12.7. The van der Waals surface area contributed by atoms with E-state index in [1.54, 1.807) is 11.8 Å². The molecule has 2 N–H and O–H groups in total. The molecule has 1 aliphatic heterocycles. The van der Waals surface area contributed by atoms with Gasteiger partial charge in [0.2, 0.25) is 10.0 Å². The second kappa shape index (κ2) is 6.63. The van der Waals surface area contributed by atoms with E-state index in [-0.39, 0.29) is 11.7 Å². The van der Waals surface area contributed by atoms with Gasteiger partial charge in [0, 0.05) is 4.90 Å². The fourth-order valence-corrected chi connectivity index (χ4v) is 4.43. The van der Waals surface area contributed by atoms with E-state index in [2.05, 4.69) is 10.0 Å². The highest BCUT2D eigenvalue weighted by molar-refractivity contribution is 7.99. The quantitative estimate of drug-likeness (QED) is 0.818. The van der Waals surface area contributed by atoms with Gasteiger partial charge in [0.1, 0.15) is 0 Å². The van der Waals surface area contributed by atoms with Crippen molar-refractivity contribution in [3.63, 3.8) is 0 Å². The molecule has 0 saturated carbocycles. The number of para-hydroxylation sites is 1. The van der Waals surface area contributed by atoms with E-state index < -0.39 is 10.0 Å². The molecule has 1 unspecified atom stereocenters. The maximum Gasteiger partial charge on any atom is 0.233 e. The molecule has 1 aromatic carbocycles. The van der Waals surface area contributed by atoms with Gasteiger partial charge in [-0.15, -0.1) is 11.8 Å². The number of thioether (sulfide) groups is 1. The van der Waals surface area contributed by atoms with E-state index in [1.165, 1.54) is 0 Å². The number of rotatable bonds is 5. The minimum absolute atomic E-state index is 0.197. The van der Waals surface area contributed by atoms with Crippen molar-refractivity contribution in [2.45, 2.75) is 17.7 Å². The Balaban J connectivity index is 2.03. The molecule has 0 aliphatic carbocycles. The molecule has 0 spiro atoms. The highest BCUT2D eigenvalue weighted by Gasteiger charge is 2.21. The third-order valence-corrected chi connectivity index (χ3v) is 5.46. The van der Waals surface area contributed by atoms with Gasteiger partial charge in [-0.3, -0.25) is 4.72 Å². The van der Waals surface area contributed by atoms with Crippen LogP contribution in [-0.2, 0) is 10.0 Å². The van der Waals surface area contributed by atoms with Crippen molar-refractivity contribution in [2.24, 2.45) is 5.92 Å². The second-order valence-electron chi connectivity index (χ2n) is 4.80. The van der Waals surface area contributed by atoms with Crippen molar-refractivity contribution in [3.05, 3.63) is 24.3 Å². The minimum Gasteiger partial charge on any atom is -0.316 e. The van der Waals surface area contributed by atoms with E-state index in [1.807, 2.05) is 30.5 Å². The van der Waals surface area contributed by atoms with Crippen LogP contribution in [0, 0.1) is 5.92 Å². The van der Waals surface area contributed by atoms with Crippen LogP contribution in [0.5, 0.6) is 0 Å². The summed E-state index contributed by atoms with van der Waals surface area (Å²) in [6.45, 7) is 1.80. The lowest BCUT2D eigenvalue weighted by molar-refractivity contribution is 0.404. The van der Waals surface area contributed by atoms with Gasteiger partial charge >= 0.3 is 0 Å². The summed E-state index contributed by atoms with van der Waals surface area (Å²) in [6, 6.07) is 7.49. The topological polar surface area (TPSA) is 58.2 Å². The van der Waals surface area contributed by atoms with E-state index >= 15 is 0 Å². The minimum atomic E-state index is -3.27. The van der Waals surface area contributed by atoms with Gasteiger partial charge in [0.05, 0.1) is 11.4 Å². The number of nitrogens with one attached hydrogen (secondary N) is 2. The summed E-state index contributed by atoms with van der Waals surface area (Å²) in [5.74, 6) is 0.413. The van der Waals surface area contributed by atoms with Crippen LogP contribution in [0.4, 0.5) is 5.69 Å². The third kappa shape index (κ3) is 4.40. The van der Waals surface area contributed by atoms with Crippen LogP contribution in [0.3, 0.4) is 0 Å². The first-order valence-electron chi connectivity index (χ1n) is 6.45. The van der Waals surface area contributed by atoms with Gasteiger partial charge in [-0.2, -0.15) is 0 Å². The lowest BCUT2D eigenvalue weighted by Gasteiger charge is -2.23. The fourth-order valence-electron chi connectivity index (χ4n) is 2.31. The number of hydrogen-bond acceptors (Lipinski definition) is 4. The Kier molecular flexibility index (Phi) is 5.13. The average Bonchev–Trinajstić information content (AvgIpc) is 2.39. The van der Waals surface area contributed by atoms with Gasteiger partial charge < -0.3 is 5.32 Å². The smallest absolute Gasteiger partial charge is 0.233 e. The molecule has 0 aromatic heterocycles. The van der Waals surface area contributed by atoms with Gasteiger partial charge in [0.15, 0.2) is 0 Å². The Morgan fingerprint density at radius 1 is 1.42 bits per heavy atom. The van der Waals surface area contributed by atoms with Gasteiger partial charge in [-0.25, -0.2) is 8.42 Å². The van der Waals surface area contributed by atoms with Crippen molar-refractivity contribution in [1.29, 1.82) is 0 Å². The van der Waals surface area contributed by atoms with E-state index in [0.29, 0.717) is 5.69 Å². The summed E-state index contributed by atoms with van der Waals surface area (Å²) in [4.78, 5) is 0.952. The van der Waals surface area contributed by atoms with Crippen molar-refractivity contribution < 1.29 is 8.42 Å². The maximum atomic E-state index is 12.2. The van der Waals surface area contributed by atoms with Gasteiger partial charge in [-0.05, 0) is 50.2 Å². The van der Waals surface area contributed by atoms with Crippen LogP contribution in [-0.4, -0.2) is 33.5 Å². The Morgan fingerprint density at radius 2 is 2.21 bits per heavy atom. The van der Waals surface area contributed by atoms with Crippen LogP contribution >= 0.6 is 11.8 Å². The lowest BCUT2D eigenvalue weighted by atomic mass is 10.0. The molecule has 1 saturated heterocycles. The summed E-state index contributed by atoms with van der Waals surface area (Å²) in [7, 11) is -3.27. The molecule has 0 amide bonds. The lowest BCUT2D eigenvalue weighted by Crippen LogP contribution is -2.35. The summed E-state index contributed by atoms with van der Waals surface area (Å²) in [5.41, 5.74) is 0.679. The van der Waals surface area contributed by atoms with Gasteiger partial charge in [0.25, 0.3) is 0 Å². The first kappa shape index (κ1) is 14.7. The average molecular weight is 300 g/mol. The zero-order valence-electron chi connectivity index (χ0n) is 11.1. The van der Waals surface area contributed by atoms with Crippen molar-refractivity contribution in [1.82, 2.24) is 5.32 Å². The fraction of sp³-hybridized carbons (Fsp3) is 0.538. The summed E-state index contributed by atoms with van der Waals surface area (Å²) >= 11 is 1.54. The first-order chi connectivity index (χ1) is 9.11. The van der Waals surface area contributed by atoms with Crippen LogP contribution in [0.1, 0.15) is 12.8 Å². The highest BCUT2D eigenvalue weighted by Crippen LogP contribution is 2.26.